The molecule has 0 bridgehead atoms. The van der Waals surface area contributed by atoms with E-state index in [0.29, 0.717) is 11.3 Å². The second-order valence-electron chi connectivity index (χ2n) is 5.82. The highest BCUT2D eigenvalue weighted by Crippen LogP contribution is 2.13. The quantitative estimate of drug-likeness (QED) is 0.686. The molecule has 0 unspecified atom stereocenters. The van der Waals surface area contributed by atoms with Gasteiger partial charge in [0.05, 0.1) is 18.9 Å². The van der Waals surface area contributed by atoms with Crippen LogP contribution >= 0.6 is 0 Å². The summed E-state index contributed by atoms with van der Waals surface area (Å²) in [5, 5.41) is 2.65. The molecule has 0 spiro atoms. The molecule has 1 amide bonds. The van der Waals surface area contributed by atoms with Gasteiger partial charge in [0.2, 0.25) is 15.9 Å². The maximum atomic E-state index is 12.2. The first-order valence-electron chi connectivity index (χ1n) is 8.12. The van der Waals surface area contributed by atoms with Crippen molar-refractivity contribution in [2.24, 2.45) is 0 Å². The number of carbonyl (C=O) groups is 2. The van der Waals surface area contributed by atoms with Crippen LogP contribution in [0.5, 0.6) is 0 Å². The molecule has 0 aliphatic heterocycles. The lowest BCUT2D eigenvalue weighted by Crippen LogP contribution is -2.32. The van der Waals surface area contributed by atoms with Gasteiger partial charge in [-0.2, -0.15) is 4.31 Å². The lowest BCUT2D eigenvalue weighted by Gasteiger charge is -2.19. The number of carbonyl (C=O) groups excluding carboxylic acids is 2. The molecule has 27 heavy (non-hydrogen) atoms. The van der Waals surface area contributed by atoms with Gasteiger partial charge in [-0.05, 0) is 35.9 Å². The Hall–Kier alpha value is -2.78. The molecule has 8 nitrogen and oxygen atoms in total. The number of nitrogens with one attached hydrogen (secondary N) is 1. The summed E-state index contributed by atoms with van der Waals surface area (Å²) in [5.74, 6) is -0.868. The van der Waals surface area contributed by atoms with E-state index in [1.807, 2.05) is 0 Å². The number of rotatable bonds is 8. The average Bonchev–Trinajstić information content (AvgIpc) is 2.64. The highest BCUT2D eigenvalue weighted by atomic mass is 32.2. The molecule has 0 saturated heterocycles. The van der Waals surface area contributed by atoms with Crippen LogP contribution in [0.25, 0.3) is 0 Å². The molecule has 0 saturated carbocycles. The first kappa shape index (κ1) is 20.5. The van der Waals surface area contributed by atoms with Crippen molar-refractivity contribution >= 4 is 27.6 Å². The Kier molecular flexibility index (Phi) is 7.03. The van der Waals surface area contributed by atoms with Crippen molar-refractivity contribution < 1.29 is 22.7 Å². The van der Waals surface area contributed by atoms with Crippen LogP contribution in [0, 0.1) is 0 Å². The Bertz CT molecular complexity index is 900. The van der Waals surface area contributed by atoms with E-state index >= 15 is 0 Å². The molecule has 1 heterocycles. The van der Waals surface area contributed by atoms with Crippen molar-refractivity contribution in [1.82, 2.24) is 9.29 Å². The molecular formula is C18H21N3O5S. The average molecular weight is 391 g/mol. The van der Waals surface area contributed by atoms with Crippen LogP contribution in [-0.4, -0.2) is 49.5 Å². The fourth-order valence-corrected chi connectivity index (χ4v) is 3.15. The fourth-order valence-electron chi connectivity index (χ4n) is 2.35. The SMILES string of the molecule is COC(=O)c1cccc(NC(=O)CCN(Cc2ccncc2)S(C)(=O)=O)c1. The summed E-state index contributed by atoms with van der Waals surface area (Å²) in [6, 6.07) is 9.76. The topological polar surface area (TPSA) is 106 Å². The number of sulfonamides is 1. The molecule has 1 aromatic carbocycles. The summed E-state index contributed by atoms with van der Waals surface area (Å²) in [7, 11) is -2.21. The highest BCUT2D eigenvalue weighted by molar-refractivity contribution is 7.88. The van der Waals surface area contributed by atoms with Gasteiger partial charge in [0.15, 0.2) is 0 Å². The molecular weight excluding hydrogens is 370 g/mol. The van der Waals surface area contributed by atoms with Gasteiger partial charge in [0, 0.05) is 37.6 Å². The van der Waals surface area contributed by atoms with Crippen molar-refractivity contribution in [3.8, 4) is 0 Å². The zero-order valence-corrected chi connectivity index (χ0v) is 15.9. The molecule has 9 heteroatoms. The largest absolute Gasteiger partial charge is 0.465 e. The van der Waals surface area contributed by atoms with Gasteiger partial charge in [-0.15, -0.1) is 0 Å². The molecule has 0 fully saturated rings. The Balaban J connectivity index is 1.98. The Morgan fingerprint density at radius 1 is 1.19 bits per heavy atom. The van der Waals surface area contributed by atoms with Gasteiger partial charge in [-0.1, -0.05) is 6.07 Å². The number of nitrogens with zero attached hydrogens (tertiary/aromatic N) is 2. The van der Waals surface area contributed by atoms with Crippen molar-refractivity contribution in [2.75, 3.05) is 25.2 Å². The van der Waals surface area contributed by atoms with Gasteiger partial charge >= 0.3 is 5.97 Å². The smallest absolute Gasteiger partial charge is 0.337 e. The third kappa shape index (κ3) is 6.46. The summed E-state index contributed by atoms with van der Waals surface area (Å²) in [6.07, 6.45) is 4.24. The van der Waals surface area contributed by atoms with E-state index in [9.17, 15) is 18.0 Å². The Morgan fingerprint density at radius 2 is 1.89 bits per heavy atom. The van der Waals surface area contributed by atoms with E-state index < -0.39 is 16.0 Å². The zero-order chi connectivity index (χ0) is 19.9. The fraction of sp³-hybridized carbons (Fsp3) is 0.278. The van der Waals surface area contributed by atoms with Gasteiger partial charge in [0.1, 0.15) is 0 Å². The number of hydrogen-bond donors (Lipinski definition) is 1. The van der Waals surface area contributed by atoms with Crippen LogP contribution in [0.2, 0.25) is 0 Å². The van der Waals surface area contributed by atoms with E-state index in [1.54, 1.807) is 42.7 Å². The number of esters is 1. The van der Waals surface area contributed by atoms with E-state index in [4.69, 9.17) is 0 Å². The normalized spacial score (nSPS) is 11.2. The van der Waals surface area contributed by atoms with E-state index in [1.165, 1.54) is 17.5 Å². The van der Waals surface area contributed by atoms with Crippen molar-refractivity contribution in [2.45, 2.75) is 13.0 Å². The minimum Gasteiger partial charge on any atom is -0.465 e. The molecule has 0 aliphatic carbocycles. The second kappa shape index (κ2) is 9.24. The maximum Gasteiger partial charge on any atom is 0.337 e. The van der Waals surface area contributed by atoms with Crippen molar-refractivity contribution in [3.63, 3.8) is 0 Å². The maximum absolute atomic E-state index is 12.2. The van der Waals surface area contributed by atoms with Crippen LogP contribution < -0.4 is 5.32 Å². The number of ether oxygens (including phenoxy) is 1. The van der Waals surface area contributed by atoms with E-state index in [2.05, 4.69) is 15.0 Å². The van der Waals surface area contributed by atoms with Crippen molar-refractivity contribution in [1.29, 1.82) is 0 Å². The molecule has 2 rings (SSSR count). The third-order valence-corrected chi connectivity index (χ3v) is 4.98. The Morgan fingerprint density at radius 3 is 2.52 bits per heavy atom. The lowest BCUT2D eigenvalue weighted by molar-refractivity contribution is -0.116. The molecule has 1 N–H and O–H groups in total. The second-order valence-corrected chi connectivity index (χ2v) is 7.81. The van der Waals surface area contributed by atoms with Gasteiger partial charge in [-0.3, -0.25) is 9.78 Å². The number of benzene rings is 1. The molecule has 0 aliphatic rings. The predicted molar refractivity (Wildman–Crippen MR) is 101 cm³/mol. The van der Waals surface area contributed by atoms with E-state index in [-0.39, 0.29) is 25.4 Å². The number of amides is 1. The summed E-state index contributed by atoms with van der Waals surface area (Å²) >= 11 is 0. The standard InChI is InChI=1S/C18H21N3O5S/c1-26-18(23)15-4-3-5-16(12-15)20-17(22)8-11-21(27(2,24)25)13-14-6-9-19-10-7-14/h3-7,9-10,12H,8,11,13H2,1-2H3,(H,20,22). The number of methoxy groups -OCH3 is 1. The number of anilines is 1. The first-order valence-corrected chi connectivity index (χ1v) is 9.96. The molecule has 2 aromatic rings. The van der Waals surface area contributed by atoms with Crippen LogP contribution in [0.4, 0.5) is 5.69 Å². The third-order valence-electron chi connectivity index (χ3n) is 3.73. The highest BCUT2D eigenvalue weighted by Gasteiger charge is 2.18. The number of aromatic nitrogens is 1. The number of pyridine rings is 1. The summed E-state index contributed by atoms with van der Waals surface area (Å²) in [4.78, 5) is 27.6. The summed E-state index contributed by atoms with van der Waals surface area (Å²) < 4.78 is 29.8. The lowest BCUT2D eigenvalue weighted by atomic mass is 10.2. The predicted octanol–water partition coefficient (Wildman–Crippen LogP) is 1.66. The van der Waals surface area contributed by atoms with Gasteiger partial charge in [0.25, 0.3) is 0 Å². The molecule has 0 radical (unpaired) electrons. The monoisotopic (exact) mass is 391 g/mol. The molecule has 1 aromatic heterocycles. The first-order chi connectivity index (χ1) is 12.8. The zero-order valence-electron chi connectivity index (χ0n) is 15.1. The van der Waals surface area contributed by atoms with Crippen LogP contribution in [-0.2, 0) is 26.1 Å². The molecule has 0 atom stereocenters. The Labute approximate surface area is 158 Å². The number of hydrogen-bond acceptors (Lipinski definition) is 6. The van der Waals surface area contributed by atoms with Crippen LogP contribution in [0.3, 0.4) is 0 Å². The minimum atomic E-state index is -3.48. The minimum absolute atomic E-state index is 0.0272. The van der Waals surface area contributed by atoms with Crippen LogP contribution in [0.15, 0.2) is 48.8 Å². The van der Waals surface area contributed by atoms with Gasteiger partial charge in [-0.25, -0.2) is 13.2 Å². The van der Waals surface area contributed by atoms with E-state index in [0.717, 1.165) is 11.8 Å². The van der Waals surface area contributed by atoms with Gasteiger partial charge < -0.3 is 10.1 Å². The summed E-state index contributed by atoms with van der Waals surface area (Å²) in [6.45, 7) is 0.191. The molecule has 144 valence electrons. The van der Waals surface area contributed by atoms with Crippen molar-refractivity contribution in [3.05, 3.63) is 59.9 Å². The van der Waals surface area contributed by atoms with Crippen LogP contribution in [0.1, 0.15) is 22.3 Å². The summed E-state index contributed by atoms with van der Waals surface area (Å²) in [5.41, 5.74) is 1.52.